The number of hydrogen-bond donors (Lipinski definition) is 1. The van der Waals surface area contributed by atoms with Crippen molar-refractivity contribution in [2.24, 2.45) is 5.10 Å². The van der Waals surface area contributed by atoms with Crippen LogP contribution in [-0.4, -0.2) is 19.4 Å². The van der Waals surface area contributed by atoms with Crippen LogP contribution in [0.25, 0.3) is 0 Å². The van der Waals surface area contributed by atoms with Gasteiger partial charge in [-0.3, -0.25) is 5.43 Å². The molecule has 0 amide bonds. The third-order valence-electron chi connectivity index (χ3n) is 3.27. The van der Waals surface area contributed by atoms with E-state index in [0.29, 0.717) is 13.2 Å². The number of halogens is 1. The van der Waals surface area contributed by atoms with Crippen molar-refractivity contribution in [1.82, 2.24) is 0 Å². The molecule has 0 atom stereocenters. The zero-order valence-corrected chi connectivity index (χ0v) is 15.7. The molecule has 128 valence electrons. The second-order valence-electron chi connectivity index (χ2n) is 5.22. The fourth-order valence-corrected chi connectivity index (χ4v) is 2.29. The van der Waals surface area contributed by atoms with Crippen molar-refractivity contribution in [3.05, 3.63) is 52.5 Å². The largest absolute Gasteiger partial charge is 0.490 e. The number of rotatable bonds is 9. The average Bonchev–Trinajstić information content (AvgIpc) is 2.59. The molecule has 0 fully saturated rings. The Bertz CT molecular complexity index is 657. The monoisotopic (exact) mass is 390 g/mol. The first-order chi connectivity index (χ1) is 11.7. The zero-order valence-electron chi connectivity index (χ0n) is 14.1. The molecule has 1 N–H and O–H groups in total. The lowest BCUT2D eigenvalue weighted by Crippen LogP contribution is -2.01. The van der Waals surface area contributed by atoms with Crippen LogP contribution < -0.4 is 14.9 Å². The van der Waals surface area contributed by atoms with Gasteiger partial charge in [-0.05, 0) is 61.4 Å². The topological polar surface area (TPSA) is 42.8 Å². The summed E-state index contributed by atoms with van der Waals surface area (Å²) in [5.74, 6) is 1.53. The van der Waals surface area contributed by atoms with Gasteiger partial charge >= 0.3 is 0 Å². The van der Waals surface area contributed by atoms with E-state index >= 15 is 0 Å². The first-order valence-electron chi connectivity index (χ1n) is 8.17. The predicted molar refractivity (Wildman–Crippen MR) is 103 cm³/mol. The van der Waals surface area contributed by atoms with E-state index < -0.39 is 0 Å². The molecule has 5 heteroatoms. The number of benzene rings is 2. The molecule has 0 spiro atoms. The van der Waals surface area contributed by atoms with Gasteiger partial charge in [0.25, 0.3) is 0 Å². The maximum Gasteiger partial charge on any atom is 0.161 e. The predicted octanol–water partition coefficient (Wildman–Crippen LogP) is 5.47. The Morgan fingerprint density at radius 1 is 1.04 bits per heavy atom. The van der Waals surface area contributed by atoms with Crippen LogP contribution in [0.3, 0.4) is 0 Å². The Labute approximate surface area is 152 Å². The zero-order chi connectivity index (χ0) is 17.2. The molecular formula is C19H23BrN2O2. The molecule has 2 aromatic carbocycles. The van der Waals surface area contributed by atoms with Crippen LogP contribution in [0.5, 0.6) is 11.5 Å². The minimum Gasteiger partial charge on any atom is -0.490 e. The summed E-state index contributed by atoms with van der Waals surface area (Å²) < 4.78 is 12.5. The molecular weight excluding hydrogens is 368 g/mol. The van der Waals surface area contributed by atoms with E-state index in [4.69, 9.17) is 9.47 Å². The number of hydrogen-bond acceptors (Lipinski definition) is 4. The Kier molecular flexibility index (Phi) is 7.62. The molecule has 0 radical (unpaired) electrons. The summed E-state index contributed by atoms with van der Waals surface area (Å²) in [6.07, 6.45) is 3.91. The molecule has 0 saturated carbocycles. The van der Waals surface area contributed by atoms with Crippen LogP contribution in [0.4, 0.5) is 5.69 Å². The Balaban J connectivity index is 2.02. The van der Waals surface area contributed by atoms with Gasteiger partial charge in [-0.2, -0.15) is 5.10 Å². The van der Waals surface area contributed by atoms with Crippen LogP contribution >= 0.6 is 15.9 Å². The maximum absolute atomic E-state index is 5.78. The van der Waals surface area contributed by atoms with Crippen molar-refractivity contribution in [2.75, 3.05) is 18.6 Å². The van der Waals surface area contributed by atoms with E-state index in [1.807, 2.05) is 49.4 Å². The van der Waals surface area contributed by atoms with Crippen molar-refractivity contribution >= 4 is 27.8 Å². The van der Waals surface area contributed by atoms with E-state index in [1.54, 1.807) is 6.21 Å². The Hall–Kier alpha value is -2.01. The number of nitrogens with zero attached hydrogens (tertiary/aromatic N) is 1. The average molecular weight is 391 g/mol. The van der Waals surface area contributed by atoms with Crippen LogP contribution in [0.1, 0.15) is 32.3 Å². The quantitative estimate of drug-likeness (QED) is 0.350. The molecule has 0 aromatic heterocycles. The normalized spacial score (nSPS) is 10.8. The van der Waals surface area contributed by atoms with Gasteiger partial charge in [-0.15, -0.1) is 0 Å². The van der Waals surface area contributed by atoms with E-state index in [9.17, 15) is 0 Å². The molecule has 24 heavy (non-hydrogen) atoms. The van der Waals surface area contributed by atoms with Gasteiger partial charge in [0.2, 0.25) is 0 Å². The summed E-state index contributed by atoms with van der Waals surface area (Å²) in [6, 6.07) is 13.7. The highest BCUT2D eigenvalue weighted by Gasteiger charge is 2.05. The van der Waals surface area contributed by atoms with E-state index in [2.05, 4.69) is 33.4 Å². The highest BCUT2D eigenvalue weighted by molar-refractivity contribution is 9.10. The Morgan fingerprint density at radius 2 is 1.83 bits per heavy atom. The van der Waals surface area contributed by atoms with Gasteiger partial charge in [0.15, 0.2) is 11.5 Å². The molecule has 0 heterocycles. The fraction of sp³-hybridized carbons (Fsp3) is 0.316. The van der Waals surface area contributed by atoms with E-state index in [1.165, 1.54) is 0 Å². The van der Waals surface area contributed by atoms with Crippen molar-refractivity contribution in [3.63, 3.8) is 0 Å². The lowest BCUT2D eigenvalue weighted by molar-refractivity contribution is 0.272. The lowest BCUT2D eigenvalue weighted by atomic mass is 10.2. The maximum atomic E-state index is 5.78. The molecule has 0 bridgehead atoms. The molecule has 0 aliphatic rings. The van der Waals surface area contributed by atoms with E-state index in [-0.39, 0.29) is 0 Å². The summed E-state index contributed by atoms with van der Waals surface area (Å²) >= 11 is 3.41. The molecule has 0 aliphatic carbocycles. The first-order valence-corrected chi connectivity index (χ1v) is 8.96. The second-order valence-corrected chi connectivity index (χ2v) is 6.13. The molecule has 0 saturated heterocycles. The highest BCUT2D eigenvalue weighted by atomic mass is 79.9. The number of hydrazone groups is 1. The van der Waals surface area contributed by atoms with Crippen molar-refractivity contribution < 1.29 is 9.47 Å². The van der Waals surface area contributed by atoms with Gasteiger partial charge in [-0.25, -0.2) is 0 Å². The highest BCUT2D eigenvalue weighted by Crippen LogP contribution is 2.28. The summed E-state index contributed by atoms with van der Waals surface area (Å²) in [4.78, 5) is 0. The van der Waals surface area contributed by atoms with Crippen molar-refractivity contribution in [2.45, 2.75) is 26.7 Å². The van der Waals surface area contributed by atoms with Crippen LogP contribution in [0.2, 0.25) is 0 Å². The van der Waals surface area contributed by atoms with E-state index in [0.717, 1.165) is 40.1 Å². The third-order valence-corrected chi connectivity index (χ3v) is 3.80. The summed E-state index contributed by atoms with van der Waals surface area (Å²) in [7, 11) is 0. The van der Waals surface area contributed by atoms with Gasteiger partial charge in [-0.1, -0.05) is 29.3 Å². The number of unbranched alkanes of at least 4 members (excludes halogenated alkanes) is 1. The first kappa shape index (κ1) is 18.3. The number of nitrogens with one attached hydrogen (secondary N) is 1. The minimum absolute atomic E-state index is 0.599. The van der Waals surface area contributed by atoms with Gasteiger partial charge in [0, 0.05) is 4.47 Å². The fourth-order valence-electron chi connectivity index (χ4n) is 2.02. The van der Waals surface area contributed by atoms with Crippen LogP contribution in [0, 0.1) is 0 Å². The summed E-state index contributed by atoms with van der Waals surface area (Å²) in [6.45, 7) is 5.41. The third kappa shape index (κ3) is 5.89. The van der Waals surface area contributed by atoms with Crippen LogP contribution in [-0.2, 0) is 0 Å². The molecule has 2 rings (SSSR count). The van der Waals surface area contributed by atoms with Crippen LogP contribution in [0.15, 0.2) is 52.0 Å². The molecule has 4 nitrogen and oxygen atoms in total. The smallest absolute Gasteiger partial charge is 0.161 e. The summed E-state index contributed by atoms with van der Waals surface area (Å²) in [5, 5.41) is 4.26. The lowest BCUT2D eigenvalue weighted by Gasteiger charge is -2.12. The SMILES string of the molecule is CCCCOc1ccc(C=NNc2ccc(Br)cc2)cc1OCC. The Morgan fingerprint density at radius 3 is 2.54 bits per heavy atom. The standard InChI is InChI=1S/C19H23BrN2O2/c1-3-5-12-24-18-11-6-15(13-19(18)23-4-2)14-21-22-17-9-7-16(20)8-10-17/h6-11,13-14,22H,3-5,12H2,1-2H3. The van der Waals surface area contributed by atoms with Gasteiger partial charge < -0.3 is 9.47 Å². The molecule has 0 aliphatic heterocycles. The number of anilines is 1. The number of ether oxygens (including phenoxy) is 2. The summed E-state index contributed by atoms with van der Waals surface area (Å²) in [5.41, 5.74) is 4.88. The van der Waals surface area contributed by atoms with Gasteiger partial charge in [0.1, 0.15) is 0 Å². The minimum atomic E-state index is 0.599. The molecule has 0 unspecified atom stereocenters. The van der Waals surface area contributed by atoms with Crippen molar-refractivity contribution in [3.8, 4) is 11.5 Å². The van der Waals surface area contributed by atoms with Gasteiger partial charge in [0.05, 0.1) is 25.1 Å². The molecule has 2 aromatic rings. The van der Waals surface area contributed by atoms with Crippen molar-refractivity contribution in [1.29, 1.82) is 0 Å². The second kappa shape index (κ2) is 9.98.